The summed E-state index contributed by atoms with van der Waals surface area (Å²) in [6.45, 7) is -0.388. The first-order valence-corrected chi connectivity index (χ1v) is 7.53. The number of aromatic nitrogens is 3. The SMILES string of the molecule is O=C(O)Cn1cnn2c(C3CC3)cc(-c3ccccc3)c2c1=O. The molecular weight excluding hydrogens is 294 g/mol. The summed E-state index contributed by atoms with van der Waals surface area (Å²) in [4.78, 5) is 23.7. The molecule has 1 aromatic carbocycles. The molecule has 1 N–H and O–H groups in total. The van der Waals surface area contributed by atoms with Gasteiger partial charge in [0, 0.05) is 17.2 Å². The van der Waals surface area contributed by atoms with Crippen LogP contribution in [0.3, 0.4) is 0 Å². The predicted molar refractivity (Wildman–Crippen MR) is 84.5 cm³/mol. The fourth-order valence-electron chi connectivity index (χ4n) is 2.92. The smallest absolute Gasteiger partial charge is 0.323 e. The van der Waals surface area contributed by atoms with E-state index in [1.165, 1.54) is 6.33 Å². The maximum Gasteiger partial charge on any atom is 0.323 e. The van der Waals surface area contributed by atoms with Gasteiger partial charge in [0.05, 0.1) is 0 Å². The van der Waals surface area contributed by atoms with Gasteiger partial charge in [0.2, 0.25) is 0 Å². The Kier molecular flexibility index (Phi) is 3.04. The Morgan fingerprint density at radius 3 is 2.65 bits per heavy atom. The van der Waals surface area contributed by atoms with E-state index in [0.29, 0.717) is 11.4 Å². The van der Waals surface area contributed by atoms with Crippen molar-refractivity contribution in [1.82, 2.24) is 14.2 Å². The van der Waals surface area contributed by atoms with E-state index in [9.17, 15) is 9.59 Å². The summed E-state index contributed by atoms with van der Waals surface area (Å²) in [6.07, 6.45) is 3.50. The van der Waals surface area contributed by atoms with Crippen molar-refractivity contribution < 1.29 is 9.90 Å². The number of benzene rings is 1. The molecule has 1 aliphatic carbocycles. The van der Waals surface area contributed by atoms with Crippen LogP contribution in [-0.4, -0.2) is 25.3 Å². The van der Waals surface area contributed by atoms with Crippen LogP contribution in [0.5, 0.6) is 0 Å². The molecule has 0 aliphatic heterocycles. The second kappa shape index (κ2) is 5.08. The zero-order chi connectivity index (χ0) is 16.0. The third-order valence-corrected chi connectivity index (χ3v) is 4.16. The van der Waals surface area contributed by atoms with E-state index < -0.39 is 5.97 Å². The molecule has 0 bridgehead atoms. The van der Waals surface area contributed by atoms with Crippen LogP contribution in [0.15, 0.2) is 47.5 Å². The van der Waals surface area contributed by atoms with Crippen molar-refractivity contribution in [2.45, 2.75) is 25.3 Å². The molecule has 0 amide bonds. The molecule has 116 valence electrons. The van der Waals surface area contributed by atoms with Crippen LogP contribution in [0.1, 0.15) is 24.5 Å². The van der Waals surface area contributed by atoms with Gasteiger partial charge in [0.25, 0.3) is 5.56 Å². The molecule has 2 heterocycles. The largest absolute Gasteiger partial charge is 0.480 e. The molecule has 3 aromatic rings. The quantitative estimate of drug-likeness (QED) is 0.801. The lowest BCUT2D eigenvalue weighted by molar-refractivity contribution is -0.137. The molecule has 1 saturated carbocycles. The minimum absolute atomic E-state index is 0.326. The van der Waals surface area contributed by atoms with Crippen LogP contribution in [0, 0.1) is 0 Å². The minimum Gasteiger partial charge on any atom is -0.480 e. The van der Waals surface area contributed by atoms with Gasteiger partial charge < -0.3 is 5.11 Å². The van der Waals surface area contributed by atoms with Crippen molar-refractivity contribution in [3.63, 3.8) is 0 Å². The Morgan fingerprint density at radius 1 is 1.26 bits per heavy atom. The highest BCUT2D eigenvalue weighted by molar-refractivity contribution is 5.81. The van der Waals surface area contributed by atoms with Crippen molar-refractivity contribution in [1.29, 1.82) is 0 Å². The Bertz CT molecular complexity index is 952. The van der Waals surface area contributed by atoms with E-state index in [1.54, 1.807) is 4.52 Å². The molecular formula is C17H15N3O3. The van der Waals surface area contributed by atoms with Gasteiger partial charge in [-0.1, -0.05) is 30.3 Å². The summed E-state index contributed by atoms with van der Waals surface area (Å²) in [7, 11) is 0. The molecule has 4 rings (SSSR count). The summed E-state index contributed by atoms with van der Waals surface area (Å²) in [5.41, 5.74) is 2.89. The first-order chi connectivity index (χ1) is 11.1. The number of carboxylic acid groups (broad SMARTS) is 1. The summed E-state index contributed by atoms with van der Waals surface area (Å²) in [5, 5.41) is 13.3. The van der Waals surface area contributed by atoms with Crippen LogP contribution < -0.4 is 5.56 Å². The third kappa shape index (κ3) is 2.32. The molecule has 0 atom stereocenters. The molecule has 0 saturated heterocycles. The summed E-state index contributed by atoms with van der Waals surface area (Å²) in [5.74, 6) is -0.629. The number of rotatable bonds is 4. The summed E-state index contributed by atoms with van der Waals surface area (Å²) >= 11 is 0. The molecule has 0 unspecified atom stereocenters. The van der Waals surface area contributed by atoms with E-state index >= 15 is 0 Å². The van der Waals surface area contributed by atoms with Crippen molar-refractivity contribution in [2.24, 2.45) is 0 Å². The zero-order valence-electron chi connectivity index (χ0n) is 12.3. The molecule has 6 nitrogen and oxygen atoms in total. The van der Waals surface area contributed by atoms with Crippen LogP contribution in [0.2, 0.25) is 0 Å². The first-order valence-electron chi connectivity index (χ1n) is 7.53. The zero-order valence-corrected chi connectivity index (χ0v) is 12.3. The van der Waals surface area contributed by atoms with Gasteiger partial charge in [-0.05, 0) is 24.5 Å². The average molecular weight is 309 g/mol. The lowest BCUT2D eigenvalue weighted by atomic mass is 10.1. The number of hydrogen-bond donors (Lipinski definition) is 1. The maximum absolute atomic E-state index is 12.8. The minimum atomic E-state index is -1.06. The third-order valence-electron chi connectivity index (χ3n) is 4.16. The van der Waals surface area contributed by atoms with Crippen molar-refractivity contribution in [2.75, 3.05) is 0 Å². The topological polar surface area (TPSA) is 76.6 Å². The van der Waals surface area contributed by atoms with Crippen molar-refractivity contribution in [3.8, 4) is 11.1 Å². The van der Waals surface area contributed by atoms with E-state index in [1.807, 2.05) is 36.4 Å². The fraction of sp³-hybridized carbons (Fsp3) is 0.235. The van der Waals surface area contributed by atoms with Gasteiger partial charge in [0.1, 0.15) is 18.4 Å². The lowest BCUT2D eigenvalue weighted by Gasteiger charge is -2.05. The monoisotopic (exact) mass is 309 g/mol. The Morgan fingerprint density at radius 2 is 2.00 bits per heavy atom. The van der Waals surface area contributed by atoms with E-state index in [0.717, 1.165) is 34.2 Å². The van der Waals surface area contributed by atoms with Crippen molar-refractivity contribution in [3.05, 3.63) is 58.8 Å². The second-order valence-electron chi connectivity index (χ2n) is 5.84. The molecule has 1 fully saturated rings. The van der Waals surface area contributed by atoms with E-state index in [4.69, 9.17) is 5.11 Å². The molecule has 6 heteroatoms. The predicted octanol–water partition coefficient (Wildman–Crippen LogP) is 2.12. The van der Waals surface area contributed by atoms with E-state index in [-0.39, 0.29) is 12.1 Å². The highest BCUT2D eigenvalue weighted by Gasteiger charge is 2.29. The normalized spacial score (nSPS) is 14.3. The second-order valence-corrected chi connectivity index (χ2v) is 5.84. The molecule has 0 spiro atoms. The van der Waals surface area contributed by atoms with Gasteiger partial charge in [-0.15, -0.1) is 0 Å². The Hall–Kier alpha value is -2.89. The number of nitrogens with zero attached hydrogens (tertiary/aromatic N) is 3. The van der Waals surface area contributed by atoms with Crippen LogP contribution >= 0.6 is 0 Å². The first kappa shape index (κ1) is 13.8. The highest BCUT2D eigenvalue weighted by Crippen LogP contribution is 2.42. The summed E-state index contributed by atoms with van der Waals surface area (Å²) < 4.78 is 2.82. The molecule has 0 radical (unpaired) electrons. The van der Waals surface area contributed by atoms with Gasteiger partial charge in [0.15, 0.2) is 0 Å². The fourth-order valence-corrected chi connectivity index (χ4v) is 2.92. The van der Waals surface area contributed by atoms with Gasteiger partial charge in [-0.2, -0.15) is 5.10 Å². The molecule has 1 aliphatic rings. The Labute approximate surface area is 131 Å². The van der Waals surface area contributed by atoms with Crippen molar-refractivity contribution >= 4 is 11.5 Å². The standard InChI is InChI=1S/C17H15N3O3/c21-15(22)9-19-10-18-20-14(12-6-7-12)8-13(16(20)17(19)23)11-4-2-1-3-5-11/h1-5,8,10,12H,6-7,9H2,(H,21,22). The highest BCUT2D eigenvalue weighted by atomic mass is 16.4. The number of hydrogen-bond acceptors (Lipinski definition) is 3. The lowest BCUT2D eigenvalue weighted by Crippen LogP contribution is -2.26. The number of aliphatic carboxylic acids is 1. The van der Waals surface area contributed by atoms with Crippen LogP contribution in [-0.2, 0) is 11.3 Å². The average Bonchev–Trinajstić information content (AvgIpc) is 3.31. The van der Waals surface area contributed by atoms with Gasteiger partial charge in [-0.25, -0.2) is 4.52 Å². The maximum atomic E-state index is 12.8. The number of carbonyl (C=O) groups is 1. The number of fused-ring (bicyclic) bond motifs is 1. The number of carboxylic acids is 1. The van der Waals surface area contributed by atoms with Crippen LogP contribution in [0.25, 0.3) is 16.6 Å². The van der Waals surface area contributed by atoms with Gasteiger partial charge in [-0.3, -0.25) is 14.2 Å². The molecule has 2 aromatic heterocycles. The van der Waals surface area contributed by atoms with Gasteiger partial charge >= 0.3 is 5.97 Å². The Balaban J connectivity index is 2.01. The molecule has 23 heavy (non-hydrogen) atoms. The van der Waals surface area contributed by atoms with E-state index in [2.05, 4.69) is 5.10 Å². The summed E-state index contributed by atoms with van der Waals surface area (Å²) in [6, 6.07) is 11.7. The van der Waals surface area contributed by atoms with Crippen LogP contribution in [0.4, 0.5) is 0 Å².